The molecule has 1 saturated heterocycles. The predicted octanol–water partition coefficient (Wildman–Crippen LogP) is 3.26. The number of piperazine rings is 1. The van der Waals surface area contributed by atoms with Crippen molar-refractivity contribution < 1.29 is 4.79 Å². The van der Waals surface area contributed by atoms with Gasteiger partial charge in [-0.2, -0.15) is 0 Å². The number of hydrogen-bond donors (Lipinski definition) is 0. The van der Waals surface area contributed by atoms with E-state index in [0.717, 1.165) is 42.5 Å². The lowest BCUT2D eigenvalue weighted by Gasteiger charge is -2.34. The van der Waals surface area contributed by atoms with Crippen LogP contribution in [0.15, 0.2) is 22.7 Å². The highest BCUT2D eigenvalue weighted by molar-refractivity contribution is 9.10. The average Bonchev–Trinajstić information content (AvgIpc) is 2.42. The van der Waals surface area contributed by atoms with Gasteiger partial charge in [-0.25, -0.2) is 0 Å². The summed E-state index contributed by atoms with van der Waals surface area (Å²) in [7, 11) is 0. The van der Waals surface area contributed by atoms with Gasteiger partial charge < -0.3 is 4.90 Å². The number of benzene rings is 1. The standard InChI is InChI=1S/C13H15Br2ClN2O/c14-4-5-17-6-8-18(9-7-17)13(19)10-2-1-3-11(15)12(10)16/h1-3H,4-9H2. The van der Waals surface area contributed by atoms with Gasteiger partial charge in [0.25, 0.3) is 5.91 Å². The molecule has 1 aliphatic rings. The van der Waals surface area contributed by atoms with Crippen LogP contribution in [0.5, 0.6) is 0 Å². The van der Waals surface area contributed by atoms with E-state index >= 15 is 0 Å². The van der Waals surface area contributed by atoms with E-state index in [1.807, 2.05) is 17.0 Å². The van der Waals surface area contributed by atoms with Crippen LogP contribution >= 0.6 is 43.5 Å². The molecule has 1 aliphatic heterocycles. The minimum absolute atomic E-state index is 0.0183. The van der Waals surface area contributed by atoms with Crippen LogP contribution in [0.2, 0.25) is 5.02 Å². The molecule has 0 N–H and O–H groups in total. The molecule has 0 atom stereocenters. The van der Waals surface area contributed by atoms with Crippen LogP contribution in [-0.2, 0) is 0 Å². The number of carbonyl (C=O) groups is 1. The van der Waals surface area contributed by atoms with E-state index < -0.39 is 0 Å². The van der Waals surface area contributed by atoms with E-state index in [1.54, 1.807) is 6.07 Å². The Morgan fingerprint density at radius 1 is 1.26 bits per heavy atom. The number of amides is 1. The first-order valence-corrected chi connectivity index (χ1v) is 8.44. The first-order chi connectivity index (χ1) is 9.13. The molecular formula is C13H15Br2ClN2O. The maximum atomic E-state index is 12.4. The highest BCUT2D eigenvalue weighted by atomic mass is 79.9. The van der Waals surface area contributed by atoms with Crippen LogP contribution in [-0.4, -0.2) is 53.8 Å². The summed E-state index contributed by atoms with van der Waals surface area (Å²) >= 11 is 13.0. The zero-order valence-corrected chi connectivity index (χ0v) is 14.3. The lowest BCUT2D eigenvalue weighted by atomic mass is 10.2. The number of carbonyl (C=O) groups excluding carboxylic acids is 1. The summed E-state index contributed by atoms with van der Waals surface area (Å²) in [5.74, 6) is 0.0183. The normalized spacial score (nSPS) is 16.7. The molecule has 2 rings (SSSR count). The maximum absolute atomic E-state index is 12.4. The SMILES string of the molecule is O=C(c1cccc(Br)c1Cl)N1CCN(CCBr)CC1. The molecule has 1 heterocycles. The van der Waals surface area contributed by atoms with Gasteiger partial charge in [0.1, 0.15) is 0 Å². The van der Waals surface area contributed by atoms with Crippen molar-refractivity contribution >= 4 is 49.4 Å². The van der Waals surface area contributed by atoms with Crippen molar-refractivity contribution in [3.8, 4) is 0 Å². The van der Waals surface area contributed by atoms with Gasteiger partial charge in [-0.05, 0) is 28.1 Å². The third-order valence-corrected chi connectivity index (χ3v) is 4.89. The molecule has 0 radical (unpaired) electrons. The van der Waals surface area contributed by atoms with Gasteiger partial charge in [-0.3, -0.25) is 9.69 Å². The molecule has 0 spiro atoms. The molecule has 0 unspecified atom stereocenters. The highest BCUT2D eigenvalue weighted by Crippen LogP contribution is 2.27. The average molecular weight is 411 g/mol. The summed E-state index contributed by atoms with van der Waals surface area (Å²) < 4.78 is 0.762. The first-order valence-electron chi connectivity index (χ1n) is 6.15. The summed E-state index contributed by atoms with van der Waals surface area (Å²) in [5, 5.41) is 1.47. The van der Waals surface area contributed by atoms with Crippen molar-refractivity contribution in [3.05, 3.63) is 33.3 Å². The van der Waals surface area contributed by atoms with E-state index in [1.165, 1.54) is 0 Å². The van der Waals surface area contributed by atoms with Crippen molar-refractivity contribution in [2.45, 2.75) is 0 Å². The number of alkyl halides is 1. The monoisotopic (exact) mass is 408 g/mol. The Labute approximate surface area is 135 Å². The Morgan fingerprint density at radius 2 is 1.95 bits per heavy atom. The Morgan fingerprint density at radius 3 is 2.58 bits per heavy atom. The fourth-order valence-electron chi connectivity index (χ4n) is 2.13. The molecule has 0 saturated carbocycles. The second-order valence-corrected chi connectivity index (χ2v) is 6.45. The Hall–Kier alpha value is -0.100. The van der Waals surface area contributed by atoms with Crippen molar-refractivity contribution in [2.75, 3.05) is 38.1 Å². The molecular weight excluding hydrogens is 395 g/mol. The van der Waals surface area contributed by atoms with E-state index in [2.05, 4.69) is 36.8 Å². The molecule has 19 heavy (non-hydrogen) atoms. The summed E-state index contributed by atoms with van der Waals surface area (Å²) in [6.07, 6.45) is 0. The van der Waals surface area contributed by atoms with Gasteiger partial charge in [0.15, 0.2) is 0 Å². The molecule has 1 aromatic rings. The third-order valence-electron chi connectivity index (χ3n) is 3.24. The van der Waals surface area contributed by atoms with Crippen LogP contribution < -0.4 is 0 Å². The molecule has 1 fully saturated rings. The number of nitrogens with zero attached hydrogens (tertiary/aromatic N) is 2. The van der Waals surface area contributed by atoms with Crippen LogP contribution in [0.1, 0.15) is 10.4 Å². The summed E-state index contributed by atoms with van der Waals surface area (Å²) in [6, 6.07) is 5.46. The fraction of sp³-hybridized carbons (Fsp3) is 0.462. The second-order valence-electron chi connectivity index (χ2n) is 4.42. The van der Waals surface area contributed by atoms with E-state index in [4.69, 9.17) is 11.6 Å². The maximum Gasteiger partial charge on any atom is 0.255 e. The summed E-state index contributed by atoms with van der Waals surface area (Å²) in [5.41, 5.74) is 0.574. The van der Waals surface area contributed by atoms with E-state index in [-0.39, 0.29) is 5.91 Å². The van der Waals surface area contributed by atoms with Gasteiger partial charge in [0.05, 0.1) is 10.6 Å². The minimum atomic E-state index is 0.0183. The van der Waals surface area contributed by atoms with Crippen molar-refractivity contribution in [1.29, 1.82) is 0 Å². The molecule has 0 aliphatic carbocycles. The Balaban J connectivity index is 2.03. The van der Waals surface area contributed by atoms with Gasteiger partial charge in [-0.15, -0.1) is 0 Å². The molecule has 1 amide bonds. The molecule has 0 aromatic heterocycles. The second kappa shape index (κ2) is 7.07. The van der Waals surface area contributed by atoms with Crippen LogP contribution in [0.25, 0.3) is 0 Å². The largest absolute Gasteiger partial charge is 0.336 e. The lowest BCUT2D eigenvalue weighted by molar-refractivity contribution is 0.0645. The third kappa shape index (κ3) is 3.72. The zero-order valence-electron chi connectivity index (χ0n) is 10.4. The first kappa shape index (κ1) is 15.3. The molecule has 1 aromatic carbocycles. The van der Waals surface area contributed by atoms with Crippen molar-refractivity contribution in [1.82, 2.24) is 9.80 Å². The molecule has 104 valence electrons. The topological polar surface area (TPSA) is 23.6 Å². The lowest BCUT2D eigenvalue weighted by Crippen LogP contribution is -2.49. The van der Waals surface area contributed by atoms with E-state index in [9.17, 15) is 4.79 Å². The molecule has 6 heteroatoms. The fourth-order valence-corrected chi connectivity index (χ4v) is 3.21. The van der Waals surface area contributed by atoms with Gasteiger partial charge >= 0.3 is 0 Å². The van der Waals surface area contributed by atoms with E-state index in [0.29, 0.717) is 10.6 Å². The van der Waals surface area contributed by atoms with Crippen LogP contribution in [0.3, 0.4) is 0 Å². The summed E-state index contributed by atoms with van der Waals surface area (Å²) in [4.78, 5) is 16.7. The zero-order chi connectivity index (χ0) is 13.8. The smallest absolute Gasteiger partial charge is 0.255 e. The molecule has 0 bridgehead atoms. The number of halogens is 3. The number of hydrogen-bond acceptors (Lipinski definition) is 2. The minimum Gasteiger partial charge on any atom is -0.336 e. The van der Waals surface area contributed by atoms with Gasteiger partial charge in [0, 0.05) is 42.5 Å². The van der Waals surface area contributed by atoms with Crippen molar-refractivity contribution in [3.63, 3.8) is 0 Å². The molecule has 3 nitrogen and oxygen atoms in total. The quantitative estimate of drug-likeness (QED) is 0.715. The predicted molar refractivity (Wildman–Crippen MR) is 85.3 cm³/mol. The van der Waals surface area contributed by atoms with Crippen molar-refractivity contribution in [2.24, 2.45) is 0 Å². The van der Waals surface area contributed by atoms with Crippen LogP contribution in [0, 0.1) is 0 Å². The summed E-state index contributed by atoms with van der Waals surface area (Å²) in [6.45, 7) is 4.38. The van der Waals surface area contributed by atoms with Crippen LogP contribution in [0.4, 0.5) is 0 Å². The Bertz CT molecular complexity index is 462. The van der Waals surface area contributed by atoms with Gasteiger partial charge in [-0.1, -0.05) is 33.6 Å². The number of rotatable bonds is 3. The highest BCUT2D eigenvalue weighted by Gasteiger charge is 2.23. The Kier molecular flexibility index (Phi) is 5.69. The van der Waals surface area contributed by atoms with Gasteiger partial charge in [0.2, 0.25) is 0 Å².